The van der Waals surface area contributed by atoms with Gasteiger partial charge in [-0.2, -0.15) is 11.8 Å². The van der Waals surface area contributed by atoms with E-state index in [-0.39, 0.29) is 5.91 Å². The molecule has 2 aromatic carbocycles. The van der Waals surface area contributed by atoms with Crippen LogP contribution in [-0.4, -0.2) is 46.0 Å². The number of ether oxygens (including phenoxy) is 1. The number of nitrogens with zero attached hydrogens (tertiary/aromatic N) is 1. The van der Waals surface area contributed by atoms with Crippen LogP contribution in [-0.2, 0) is 20.6 Å². The van der Waals surface area contributed by atoms with Crippen LogP contribution in [0.2, 0.25) is 10.0 Å². The number of hydrogen-bond donors (Lipinski definition) is 1. The third-order valence-corrected chi connectivity index (χ3v) is 7.00. The number of nitrogens with one attached hydrogen (secondary N) is 1. The van der Waals surface area contributed by atoms with Gasteiger partial charge in [0.25, 0.3) is 5.91 Å². The molecule has 164 valence electrons. The SMILES string of the molecule is C[C@H](Oc1ccc(N(C)S(C)(=O)=O)cc1)C(=O)NCCSCc1ccc(Cl)cc1Cl. The molecule has 0 bridgehead atoms. The summed E-state index contributed by atoms with van der Waals surface area (Å²) in [7, 11) is -1.86. The number of thioether (sulfide) groups is 1. The molecule has 30 heavy (non-hydrogen) atoms. The Bertz CT molecular complexity index is 969. The Hall–Kier alpha value is -1.61. The molecule has 0 saturated carbocycles. The van der Waals surface area contributed by atoms with E-state index in [1.165, 1.54) is 11.4 Å². The monoisotopic (exact) mass is 490 g/mol. The van der Waals surface area contributed by atoms with Gasteiger partial charge >= 0.3 is 0 Å². The zero-order valence-corrected chi connectivity index (χ0v) is 20.0. The van der Waals surface area contributed by atoms with Crippen molar-refractivity contribution in [2.45, 2.75) is 18.8 Å². The van der Waals surface area contributed by atoms with E-state index in [9.17, 15) is 13.2 Å². The Labute approximate surface area is 191 Å². The third-order valence-electron chi connectivity index (χ3n) is 4.20. The topological polar surface area (TPSA) is 75.7 Å². The number of rotatable bonds is 10. The van der Waals surface area contributed by atoms with Crippen LogP contribution in [0.1, 0.15) is 12.5 Å². The molecule has 6 nitrogen and oxygen atoms in total. The Morgan fingerprint density at radius 2 is 1.87 bits per heavy atom. The molecule has 0 fully saturated rings. The van der Waals surface area contributed by atoms with E-state index < -0.39 is 16.1 Å². The molecule has 0 aromatic heterocycles. The summed E-state index contributed by atoms with van der Waals surface area (Å²) in [5.74, 6) is 1.71. The van der Waals surface area contributed by atoms with Crippen molar-refractivity contribution in [3.8, 4) is 5.75 Å². The standard InChI is InChI=1S/C20H24Cl2N2O4S2/c1-14(28-18-8-6-17(7-9-18)24(2)30(3,26)27)20(25)23-10-11-29-13-15-4-5-16(21)12-19(15)22/h4-9,12,14H,10-11,13H2,1-3H3,(H,23,25)/t14-/m0/s1. The molecule has 10 heteroatoms. The van der Waals surface area contributed by atoms with Gasteiger partial charge in [-0.1, -0.05) is 29.3 Å². The molecule has 0 aliphatic carbocycles. The molecule has 0 heterocycles. The Morgan fingerprint density at radius 3 is 2.47 bits per heavy atom. The average molecular weight is 491 g/mol. The maximum atomic E-state index is 12.2. The van der Waals surface area contributed by atoms with Gasteiger partial charge in [-0.3, -0.25) is 9.10 Å². The Kier molecular flexibility index (Phi) is 9.15. The molecule has 0 saturated heterocycles. The number of carbonyl (C=O) groups is 1. The minimum absolute atomic E-state index is 0.225. The van der Waals surface area contributed by atoms with Gasteiger partial charge in [0.05, 0.1) is 11.9 Å². The zero-order chi connectivity index (χ0) is 22.3. The minimum Gasteiger partial charge on any atom is -0.481 e. The van der Waals surface area contributed by atoms with Crippen LogP contribution in [0.25, 0.3) is 0 Å². The van der Waals surface area contributed by atoms with Crippen LogP contribution in [0.5, 0.6) is 5.75 Å². The summed E-state index contributed by atoms with van der Waals surface area (Å²) in [6, 6.07) is 11.9. The number of anilines is 1. The van der Waals surface area contributed by atoms with Crippen LogP contribution in [0.4, 0.5) is 5.69 Å². The molecule has 1 atom stereocenters. The molecule has 1 amide bonds. The molecule has 0 unspecified atom stereocenters. The quantitative estimate of drug-likeness (QED) is 0.504. The van der Waals surface area contributed by atoms with Gasteiger partial charge in [0.2, 0.25) is 10.0 Å². The highest BCUT2D eigenvalue weighted by atomic mass is 35.5. The molecular weight excluding hydrogens is 467 g/mol. The predicted octanol–water partition coefficient (Wildman–Crippen LogP) is 4.21. The lowest BCUT2D eigenvalue weighted by Crippen LogP contribution is -2.37. The van der Waals surface area contributed by atoms with Crippen molar-refractivity contribution in [2.24, 2.45) is 0 Å². The fourth-order valence-electron chi connectivity index (χ4n) is 2.39. The molecule has 0 aliphatic rings. The highest BCUT2D eigenvalue weighted by molar-refractivity contribution is 7.98. The first kappa shape index (κ1) is 24.7. The van der Waals surface area contributed by atoms with Crippen molar-refractivity contribution in [3.05, 3.63) is 58.1 Å². The van der Waals surface area contributed by atoms with E-state index in [4.69, 9.17) is 27.9 Å². The van der Waals surface area contributed by atoms with E-state index in [1.54, 1.807) is 55.1 Å². The highest BCUT2D eigenvalue weighted by Gasteiger charge is 2.15. The number of halogens is 2. The van der Waals surface area contributed by atoms with Crippen molar-refractivity contribution >= 4 is 56.6 Å². The summed E-state index contributed by atoms with van der Waals surface area (Å²) < 4.78 is 29.9. The molecule has 2 aromatic rings. The second kappa shape index (κ2) is 11.1. The van der Waals surface area contributed by atoms with E-state index in [1.807, 2.05) is 6.07 Å². The summed E-state index contributed by atoms with van der Waals surface area (Å²) in [6.45, 7) is 2.16. The number of hydrogen-bond acceptors (Lipinski definition) is 5. The number of amides is 1. The van der Waals surface area contributed by atoms with Gasteiger partial charge in [0.15, 0.2) is 6.10 Å². The third kappa shape index (κ3) is 7.58. The lowest BCUT2D eigenvalue weighted by Gasteiger charge is -2.18. The van der Waals surface area contributed by atoms with Crippen LogP contribution < -0.4 is 14.4 Å². The molecule has 2 rings (SSSR count). The maximum absolute atomic E-state index is 12.2. The number of benzene rings is 2. The lowest BCUT2D eigenvalue weighted by atomic mass is 10.2. The van der Waals surface area contributed by atoms with E-state index in [2.05, 4.69) is 5.32 Å². The van der Waals surface area contributed by atoms with Crippen LogP contribution in [0.3, 0.4) is 0 Å². The maximum Gasteiger partial charge on any atom is 0.260 e. The van der Waals surface area contributed by atoms with Gasteiger partial charge in [-0.15, -0.1) is 0 Å². The van der Waals surface area contributed by atoms with Crippen LogP contribution >= 0.6 is 35.0 Å². The predicted molar refractivity (Wildman–Crippen MR) is 125 cm³/mol. The zero-order valence-electron chi connectivity index (χ0n) is 16.9. The van der Waals surface area contributed by atoms with Crippen molar-refractivity contribution in [3.63, 3.8) is 0 Å². The first-order valence-electron chi connectivity index (χ1n) is 9.08. The second-order valence-electron chi connectivity index (χ2n) is 6.56. The summed E-state index contributed by atoms with van der Waals surface area (Å²) in [4.78, 5) is 12.2. The van der Waals surface area contributed by atoms with Gasteiger partial charge in [-0.05, 0) is 48.9 Å². The van der Waals surface area contributed by atoms with Crippen molar-refractivity contribution in [1.29, 1.82) is 0 Å². The fourth-order valence-corrected chi connectivity index (χ4v) is 4.32. The van der Waals surface area contributed by atoms with E-state index in [0.29, 0.717) is 28.0 Å². The van der Waals surface area contributed by atoms with Crippen LogP contribution in [0, 0.1) is 0 Å². The molecule has 1 N–H and O–H groups in total. The van der Waals surface area contributed by atoms with Gasteiger partial charge in [0.1, 0.15) is 5.75 Å². The van der Waals surface area contributed by atoms with Crippen molar-refractivity contribution in [1.82, 2.24) is 5.32 Å². The van der Waals surface area contributed by atoms with Crippen molar-refractivity contribution < 1.29 is 17.9 Å². The Morgan fingerprint density at radius 1 is 1.20 bits per heavy atom. The van der Waals surface area contributed by atoms with E-state index >= 15 is 0 Å². The van der Waals surface area contributed by atoms with Gasteiger partial charge < -0.3 is 10.1 Å². The van der Waals surface area contributed by atoms with Gasteiger partial charge in [-0.25, -0.2) is 8.42 Å². The smallest absolute Gasteiger partial charge is 0.260 e. The summed E-state index contributed by atoms with van der Waals surface area (Å²) in [5, 5.41) is 4.07. The Balaban J connectivity index is 1.74. The largest absolute Gasteiger partial charge is 0.481 e. The first-order chi connectivity index (χ1) is 14.1. The molecule has 0 aliphatic heterocycles. The average Bonchev–Trinajstić information content (AvgIpc) is 2.68. The van der Waals surface area contributed by atoms with Crippen molar-refractivity contribution in [2.75, 3.05) is 29.9 Å². The minimum atomic E-state index is -3.33. The highest BCUT2D eigenvalue weighted by Crippen LogP contribution is 2.24. The van der Waals surface area contributed by atoms with E-state index in [0.717, 1.165) is 23.3 Å². The fraction of sp³-hybridized carbons (Fsp3) is 0.350. The lowest BCUT2D eigenvalue weighted by molar-refractivity contribution is -0.127. The molecule has 0 radical (unpaired) electrons. The summed E-state index contributed by atoms with van der Waals surface area (Å²) >= 11 is 13.7. The van der Waals surface area contributed by atoms with Crippen LogP contribution in [0.15, 0.2) is 42.5 Å². The second-order valence-corrected chi connectivity index (χ2v) is 10.5. The van der Waals surface area contributed by atoms with Gasteiger partial charge in [0, 0.05) is 35.1 Å². The first-order valence-corrected chi connectivity index (χ1v) is 12.8. The summed E-state index contributed by atoms with van der Waals surface area (Å²) in [6.07, 6.45) is 0.450. The number of sulfonamides is 1. The summed E-state index contributed by atoms with van der Waals surface area (Å²) in [5.41, 5.74) is 1.51. The molecular formula is C20H24Cl2N2O4S2. The molecule has 0 spiro atoms. The normalized spacial score (nSPS) is 12.3. The number of carbonyl (C=O) groups excluding carboxylic acids is 1.